The zero-order chi connectivity index (χ0) is 15.4. The highest BCUT2D eigenvalue weighted by Crippen LogP contribution is 2.28. The Balaban J connectivity index is 2.02. The summed E-state index contributed by atoms with van der Waals surface area (Å²) in [6.45, 7) is 5.44. The molecule has 0 radical (unpaired) electrons. The van der Waals surface area contributed by atoms with Gasteiger partial charge in [-0.05, 0) is 31.9 Å². The van der Waals surface area contributed by atoms with E-state index >= 15 is 0 Å². The fourth-order valence-electron chi connectivity index (χ4n) is 2.34. The van der Waals surface area contributed by atoms with E-state index in [0.717, 1.165) is 30.9 Å². The molecule has 21 heavy (non-hydrogen) atoms. The van der Waals surface area contributed by atoms with E-state index in [0.29, 0.717) is 5.69 Å². The third kappa shape index (κ3) is 3.59. The first-order valence-corrected chi connectivity index (χ1v) is 6.93. The molecule has 6 nitrogen and oxygen atoms in total. The van der Waals surface area contributed by atoms with Crippen molar-refractivity contribution in [3.8, 4) is 0 Å². The van der Waals surface area contributed by atoms with Crippen molar-refractivity contribution >= 4 is 11.4 Å². The summed E-state index contributed by atoms with van der Waals surface area (Å²) < 4.78 is 2.08. The predicted molar refractivity (Wildman–Crippen MR) is 82.7 cm³/mol. The van der Waals surface area contributed by atoms with Gasteiger partial charge < -0.3 is 9.47 Å². The van der Waals surface area contributed by atoms with Crippen molar-refractivity contribution in [2.24, 2.45) is 0 Å². The van der Waals surface area contributed by atoms with Crippen LogP contribution in [0.15, 0.2) is 30.6 Å². The van der Waals surface area contributed by atoms with Gasteiger partial charge in [0.05, 0.1) is 4.92 Å². The first kappa shape index (κ1) is 15.0. The Morgan fingerprint density at radius 2 is 2.14 bits per heavy atom. The molecule has 0 aliphatic rings. The number of hydrogen-bond donors (Lipinski definition) is 0. The normalized spacial score (nSPS) is 10.6. The minimum Gasteiger partial charge on any atom is -0.369 e. The Hall–Kier alpha value is -2.37. The topological polar surface area (TPSA) is 64.2 Å². The van der Waals surface area contributed by atoms with Gasteiger partial charge in [-0.25, -0.2) is 4.98 Å². The van der Waals surface area contributed by atoms with Crippen LogP contribution >= 0.6 is 0 Å². The zero-order valence-corrected chi connectivity index (χ0v) is 12.6. The molecule has 0 saturated carbocycles. The summed E-state index contributed by atoms with van der Waals surface area (Å²) in [5.74, 6) is 0.985. The van der Waals surface area contributed by atoms with Crippen molar-refractivity contribution in [1.29, 1.82) is 0 Å². The minimum absolute atomic E-state index is 0.163. The van der Waals surface area contributed by atoms with Crippen LogP contribution in [0.25, 0.3) is 0 Å². The smallest absolute Gasteiger partial charge is 0.292 e. The number of nitrogens with zero attached hydrogens (tertiary/aromatic N) is 4. The molecule has 0 amide bonds. The highest BCUT2D eigenvalue weighted by Gasteiger charge is 2.16. The van der Waals surface area contributed by atoms with Gasteiger partial charge in [0.25, 0.3) is 5.69 Å². The van der Waals surface area contributed by atoms with Crippen molar-refractivity contribution in [2.75, 3.05) is 18.5 Å². The third-order valence-electron chi connectivity index (χ3n) is 3.56. The van der Waals surface area contributed by atoms with Gasteiger partial charge >= 0.3 is 0 Å². The van der Waals surface area contributed by atoms with Gasteiger partial charge in [0.15, 0.2) is 0 Å². The van der Waals surface area contributed by atoms with Crippen LogP contribution in [0.5, 0.6) is 0 Å². The van der Waals surface area contributed by atoms with Crippen LogP contribution < -0.4 is 4.90 Å². The lowest BCUT2D eigenvalue weighted by Crippen LogP contribution is -2.21. The van der Waals surface area contributed by atoms with Gasteiger partial charge in [0.2, 0.25) is 0 Å². The number of hydrogen-bond acceptors (Lipinski definition) is 4. The first-order chi connectivity index (χ1) is 9.99. The molecule has 2 rings (SSSR count). The second kappa shape index (κ2) is 6.39. The molecule has 0 saturated heterocycles. The van der Waals surface area contributed by atoms with Gasteiger partial charge in [-0.2, -0.15) is 0 Å². The lowest BCUT2D eigenvalue weighted by molar-refractivity contribution is -0.384. The van der Waals surface area contributed by atoms with Crippen molar-refractivity contribution < 1.29 is 4.92 Å². The summed E-state index contributed by atoms with van der Waals surface area (Å²) in [7, 11) is 1.89. The lowest BCUT2D eigenvalue weighted by Gasteiger charge is -2.19. The minimum atomic E-state index is -0.321. The molecule has 0 aliphatic heterocycles. The van der Waals surface area contributed by atoms with Crippen LogP contribution in [0.1, 0.15) is 17.8 Å². The van der Waals surface area contributed by atoms with E-state index in [2.05, 4.69) is 9.55 Å². The van der Waals surface area contributed by atoms with Crippen molar-refractivity contribution in [2.45, 2.75) is 26.8 Å². The van der Waals surface area contributed by atoms with Gasteiger partial charge in [-0.3, -0.25) is 10.1 Å². The molecule has 2 aromatic rings. The average molecular weight is 288 g/mol. The molecule has 0 unspecified atom stereocenters. The maximum absolute atomic E-state index is 11.2. The summed E-state index contributed by atoms with van der Waals surface area (Å²) >= 11 is 0. The summed E-state index contributed by atoms with van der Waals surface area (Å²) in [4.78, 5) is 16.9. The van der Waals surface area contributed by atoms with Crippen molar-refractivity contribution in [3.63, 3.8) is 0 Å². The Labute approximate surface area is 124 Å². The average Bonchev–Trinajstić information content (AvgIpc) is 2.84. The van der Waals surface area contributed by atoms with Gasteiger partial charge in [0, 0.05) is 38.6 Å². The van der Waals surface area contributed by atoms with E-state index in [9.17, 15) is 10.1 Å². The molecular weight excluding hydrogens is 268 g/mol. The Morgan fingerprint density at radius 1 is 1.38 bits per heavy atom. The monoisotopic (exact) mass is 288 g/mol. The van der Waals surface area contributed by atoms with Crippen molar-refractivity contribution in [3.05, 3.63) is 52.1 Å². The van der Waals surface area contributed by atoms with Crippen molar-refractivity contribution in [1.82, 2.24) is 9.55 Å². The largest absolute Gasteiger partial charge is 0.369 e. The van der Waals surface area contributed by atoms with E-state index in [1.165, 1.54) is 0 Å². The number of rotatable bonds is 6. The predicted octanol–water partition coefficient (Wildman–Crippen LogP) is 2.93. The third-order valence-corrected chi connectivity index (χ3v) is 3.56. The number of benzene rings is 1. The van der Waals surface area contributed by atoms with Crippen LogP contribution in [0.2, 0.25) is 0 Å². The van der Waals surface area contributed by atoms with Crippen LogP contribution in [-0.4, -0.2) is 28.1 Å². The second-order valence-corrected chi connectivity index (χ2v) is 5.19. The first-order valence-electron chi connectivity index (χ1n) is 6.93. The molecule has 112 valence electrons. The molecule has 0 atom stereocenters. The number of nitro groups is 1. The van der Waals surface area contributed by atoms with Gasteiger partial charge in [0.1, 0.15) is 11.5 Å². The molecule has 0 bridgehead atoms. The fraction of sp³-hybridized carbons (Fsp3) is 0.400. The molecule has 1 aromatic carbocycles. The highest BCUT2D eigenvalue weighted by molar-refractivity contribution is 5.63. The molecule has 1 aromatic heterocycles. The van der Waals surface area contributed by atoms with Crippen LogP contribution in [0.4, 0.5) is 11.4 Å². The van der Waals surface area contributed by atoms with E-state index < -0.39 is 0 Å². The number of nitro benzene ring substituents is 1. The van der Waals surface area contributed by atoms with Crippen LogP contribution in [0.3, 0.4) is 0 Å². The SMILES string of the molecule is Cc1ccc(N(C)CCCn2ccnc2C)c([N+](=O)[O-])c1. The van der Waals surface area contributed by atoms with E-state index in [-0.39, 0.29) is 10.6 Å². The number of aryl methyl sites for hydroxylation is 3. The summed E-state index contributed by atoms with van der Waals surface area (Å²) in [5, 5.41) is 11.2. The lowest BCUT2D eigenvalue weighted by atomic mass is 10.2. The molecule has 0 spiro atoms. The van der Waals surface area contributed by atoms with E-state index in [1.54, 1.807) is 12.3 Å². The summed E-state index contributed by atoms with van der Waals surface area (Å²) in [6.07, 6.45) is 4.63. The van der Waals surface area contributed by atoms with Crippen LogP contribution in [-0.2, 0) is 6.54 Å². The van der Waals surface area contributed by atoms with E-state index in [4.69, 9.17) is 0 Å². The second-order valence-electron chi connectivity index (χ2n) is 5.19. The van der Waals surface area contributed by atoms with Crippen LogP contribution in [0, 0.1) is 24.0 Å². The Bertz CT molecular complexity index is 636. The number of anilines is 1. The molecule has 1 heterocycles. The zero-order valence-electron chi connectivity index (χ0n) is 12.6. The maximum atomic E-state index is 11.2. The molecule has 0 aliphatic carbocycles. The van der Waals surface area contributed by atoms with Gasteiger partial charge in [-0.15, -0.1) is 0 Å². The summed E-state index contributed by atoms with van der Waals surface area (Å²) in [5.41, 5.74) is 1.72. The number of aromatic nitrogens is 2. The van der Waals surface area contributed by atoms with E-state index in [1.807, 2.05) is 44.1 Å². The maximum Gasteiger partial charge on any atom is 0.292 e. The molecule has 0 N–H and O–H groups in total. The molecular formula is C15H20N4O2. The molecule has 0 fully saturated rings. The Kier molecular flexibility index (Phi) is 4.57. The fourth-order valence-corrected chi connectivity index (χ4v) is 2.34. The quantitative estimate of drug-likeness (QED) is 0.605. The number of imidazole rings is 1. The molecule has 6 heteroatoms. The highest BCUT2D eigenvalue weighted by atomic mass is 16.6. The Morgan fingerprint density at radius 3 is 2.76 bits per heavy atom. The van der Waals surface area contributed by atoms with Gasteiger partial charge in [-0.1, -0.05) is 6.07 Å². The summed E-state index contributed by atoms with van der Waals surface area (Å²) in [6, 6.07) is 5.33. The standard InChI is InChI=1S/C15H20N4O2/c1-12-5-6-14(15(11-12)19(20)21)17(3)8-4-9-18-10-7-16-13(18)2/h5-7,10-11H,4,8-9H2,1-3H3.